The van der Waals surface area contributed by atoms with Crippen molar-refractivity contribution < 1.29 is 9.59 Å². The van der Waals surface area contributed by atoms with Gasteiger partial charge in [0.1, 0.15) is 0 Å². The Kier molecular flexibility index (Phi) is 5.23. The van der Waals surface area contributed by atoms with E-state index in [1.165, 1.54) is 11.3 Å². The Balaban J connectivity index is 1.79. The maximum absolute atomic E-state index is 13.5. The summed E-state index contributed by atoms with van der Waals surface area (Å²) in [5, 5.41) is 5.61. The van der Waals surface area contributed by atoms with Crippen molar-refractivity contribution in [1.29, 1.82) is 0 Å². The molecule has 0 saturated heterocycles. The van der Waals surface area contributed by atoms with Gasteiger partial charge >= 0.3 is 0 Å². The minimum Gasteiger partial charge on any atom is -0.332 e. The van der Waals surface area contributed by atoms with Gasteiger partial charge in [-0.15, -0.1) is 11.3 Å². The summed E-state index contributed by atoms with van der Waals surface area (Å²) in [5.74, 6) is -0.317. The second kappa shape index (κ2) is 7.66. The molecule has 5 nitrogen and oxygen atoms in total. The molecule has 4 rings (SSSR count). The Hall–Kier alpha value is -2.21. The van der Waals surface area contributed by atoms with Crippen molar-refractivity contribution in [2.24, 2.45) is 0 Å². The maximum Gasteiger partial charge on any atom is 0.254 e. The number of nitrogens with zero attached hydrogens (tertiary/aromatic N) is 2. The molecule has 28 heavy (non-hydrogen) atoms. The highest BCUT2D eigenvalue weighted by atomic mass is 32.1. The minimum atomic E-state index is -0.420. The molecule has 1 aliphatic heterocycles. The van der Waals surface area contributed by atoms with Gasteiger partial charge in [-0.1, -0.05) is 44.4 Å². The van der Waals surface area contributed by atoms with E-state index in [4.69, 9.17) is 0 Å². The van der Waals surface area contributed by atoms with Crippen LogP contribution in [0.15, 0.2) is 29.6 Å². The van der Waals surface area contributed by atoms with E-state index in [0.717, 1.165) is 49.8 Å². The van der Waals surface area contributed by atoms with E-state index in [1.54, 1.807) is 0 Å². The van der Waals surface area contributed by atoms with E-state index in [2.05, 4.69) is 17.2 Å². The van der Waals surface area contributed by atoms with E-state index in [1.807, 2.05) is 41.5 Å². The predicted molar refractivity (Wildman–Crippen MR) is 112 cm³/mol. The third-order valence-electron chi connectivity index (χ3n) is 6.14. The summed E-state index contributed by atoms with van der Waals surface area (Å²) in [6.45, 7) is 4.77. The summed E-state index contributed by atoms with van der Waals surface area (Å²) in [6.07, 6.45) is 5.85. The lowest BCUT2D eigenvalue weighted by molar-refractivity contribution is -0.121. The standard InChI is InChI=1S/C22H27N3O2S/c1-3-4-13-25-20(27)17-10-6-5-9-16(17)18(22(25)11-7-8-12-22)19(26)24-21-23-15(2)14-28-21/h5-6,9-10,14,18H,3-4,7-8,11-13H2,1-2H3,(H,23,24,26). The zero-order chi connectivity index (χ0) is 19.7. The first-order valence-electron chi connectivity index (χ1n) is 10.2. The van der Waals surface area contributed by atoms with Gasteiger partial charge in [0.05, 0.1) is 17.2 Å². The lowest BCUT2D eigenvalue weighted by Gasteiger charge is -2.50. The van der Waals surface area contributed by atoms with Crippen molar-refractivity contribution in [2.75, 3.05) is 11.9 Å². The van der Waals surface area contributed by atoms with Crippen LogP contribution in [-0.2, 0) is 4.79 Å². The molecule has 1 atom stereocenters. The first kappa shape index (κ1) is 19.1. The fourth-order valence-electron chi connectivity index (χ4n) is 4.90. The Morgan fingerprint density at radius 3 is 2.75 bits per heavy atom. The van der Waals surface area contributed by atoms with Crippen molar-refractivity contribution in [3.8, 4) is 0 Å². The number of aryl methyl sites for hydroxylation is 1. The topological polar surface area (TPSA) is 62.3 Å². The Labute approximate surface area is 170 Å². The SMILES string of the molecule is CCCCN1C(=O)c2ccccc2C(C(=O)Nc2nc(C)cs2)C12CCCC2. The molecule has 1 aliphatic carbocycles. The summed E-state index contributed by atoms with van der Waals surface area (Å²) in [6, 6.07) is 7.65. The van der Waals surface area contributed by atoms with Gasteiger partial charge in [0.2, 0.25) is 5.91 Å². The minimum absolute atomic E-state index is 0.0438. The van der Waals surface area contributed by atoms with Crippen molar-refractivity contribution >= 4 is 28.3 Å². The van der Waals surface area contributed by atoms with Gasteiger partial charge in [0.25, 0.3) is 5.91 Å². The highest BCUT2D eigenvalue weighted by Crippen LogP contribution is 2.50. The fourth-order valence-corrected chi connectivity index (χ4v) is 5.59. The number of amides is 2. The quantitative estimate of drug-likeness (QED) is 0.792. The van der Waals surface area contributed by atoms with Gasteiger partial charge in [-0.3, -0.25) is 9.59 Å². The molecule has 1 N–H and O–H groups in total. The van der Waals surface area contributed by atoms with Crippen LogP contribution >= 0.6 is 11.3 Å². The Morgan fingerprint density at radius 2 is 2.07 bits per heavy atom. The number of fused-ring (bicyclic) bond motifs is 1. The van der Waals surface area contributed by atoms with Crippen molar-refractivity contribution in [2.45, 2.75) is 63.8 Å². The van der Waals surface area contributed by atoms with Crippen LogP contribution in [0.25, 0.3) is 0 Å². The molecule has 1 aromatic carbocycles. The molecule has 2 aliphatic rings. The lowest BCUT2D eigenvalue weighted by Crippen LogP contribution is -2.60. The number of thiazole rings is 1. The molecule has 1 unspecified atom stereocenters. The van der Waals surface area contributed by atoms with Gasteiger partial charge in [-0.25, -0.2) is 4.98 Å². The van der Waals surface area contributed by atoms with Gasteiger partial charge in [-0.2, -0.15) is 0 Å². The Bertz CT molecular complexity index is 885. The molecule has 2 aromatic rings. The van der Waals surface area contributed by atoms with Gasteiger partial charge in [-0.05, 0) is 37.8 Å². The molecule has 6 heteroatoms. The van der Waals surface area contributed by atoms with Crippen LogP contribution in [0, 0.1) is 6.92 Å². The number of unbranched alkanes of at least 4 members (excludes halogenated alkanes) is 1. The van der Waals surface area contributed by atoms with Crippen LogP contribution in [0.2, 0.25) is 0 Å². The first-order valence-corrected chi connectivity index (χ1v) is 11.1. The van der Waals surface area contributed by atoms with Crippen LogP contribution in [0.3, 0.4) is 0 Å². The molecule has 2 heterocycles. The molecule has 1 aromatic heterocycles. The summed E-state index contributed by atoms with van der Waals surface area (Å²) in [5.41, 5.74) is 2.02. The fraction of sp³-hybridized carbons (Fsp3) is 0.500. The third-order valence-corrected chi connectivity index (χ3v) is 7.01. The average Bonchev–Trinajstić information content (AvgIpc) is 3.32. The van der Waals surface area contributed by atoms with Crippen LogP contribution in [0.1, 0.15) is 73.0 Å². The van der Waals surface area contributed by atoms with Crippen molar-refractivity contribution in [3.05, 3.63) is 46.5 Å². The average molecular weight is 398 g/mol. The first-order chi connectivity index (χ1) is 13.6. The number of aromatic nitrogens is 1. The molecular formula is C22H27N3O2S. The molecular weight excluding hydrogens is 370 g/mol. The predicted octanol–water partition coefficient (Wildman–Crippen LogP) is 4.74. The number of rotatable bonds is 5. The van der Waals surface area contributed by atoms with E-state index in [0.29, 0.717) is 17.2 Å². The third kappa shape index (κ3) is 3.13. The Morgan fingerprint density at radius 1 is 1.32 bits per heavy atom. The molecule has 1 saturated carbocycles. The highest BCUT2D eigenvalue weighted by Gasteiger charge is 2.55. The molecule has 2 amide bonds. The highest BCUT2D eigenvalue weighted by molar-refractivity contribution is 7.13. The number of hydrogen-bond acceptors (Lipinski definition) is 4. The second-order valence-corrected chi connectivity index (χ2v) is 8.78. The largest absolute Gasteiger partial charge is 0.332 e. The second-order valence-electron chi connectivity index (χ2n) is 7.92. The summed E-state index contributed by atoms with van der Waals surface area (Å²) in [7, 11) is 0. The van der Waals surface area contributed by atoms with Crippen LogP contribution in [0.5, 0.6) is 0 Å². The van der Waals surface area contributed by atoms with Crippen LogP contribution < -0.4 is 5.32 Å². The number of anilines is 1. The lowest BCUT2D eigenvalue weighted by atomic mass is 9.71. The molecule has 0 radical (unpaired) electrons. The number of carbonyl (C=O) groups excluding carboxylic acids is 2. The monoisotopic (exact) mass is 397 g/mol. The normalized spacial score (nSPS) is 20.4. The summed E-state index contributed by atoms with van der Waals surface area (Å²) < 4.78 is 0. The molecule has 1 spiro atoms. The number of hydrogen-bond donors (Lipinski definition) is 1. The van der Waals surface area contributed by atoms with E-state index in [-0.39, 0.29) is 17.7 Å². The van der Waals surface area contributed by atoms with Gasteiger partial charge in [0.15, 0.2) is 5.13 Å². The van der Waals surface area contributed by atoms with Gasteiger partial charge < -0.3 is 10.2 Å². The van der Waals surface area contributed by atoms with Crippen molar-refractivity contribution in [3.63, 3.8) is 0 Å². The summed E-state index contributed by atoms with van der Waals surface area (Å²) in [4.78, 5) is 33.4. The van der Waals surface area contributed by atoms with E-state index < -0.39 is 5.54 Å². The van der Waals surface area contributed by atoms with E-state index in [9.17, 15) is 9.59 Å². The zero-order valence-electron chi connectivity index (χ0n) is 16.5. The number of nitrogens with one attached hydrogen (secondary N) is 1. The number of carbonyl (C=O) groups is 2. The summed E-state index contributed by atoms with van der Waals surface area (Å²) >= 11 is 1.45. The molecule has 148 valence electrons. The number of benzene rings is 1. The maximum atomic E-state index is 13.5. The zero-order valence-corrected chi connectivity index (χ0v) is 17.3. The van der Waals surface area contributed by atoms with Crippen LogP contribution in [0.4, 0.5) is 5.13 Å². The molecule has 0 bridgehead atoms. The smallest absolute Gasteiger partial charge is 0.254 e. The van der Waals surface area contributed by atoms with Gasteiger partial charge in [0, 0.05) is 17.5 Å². The van der Waals surface area contributed by atoms with Crippen LogP contribution in [-0.4, -0.2) is 33.8 Å². The van der Waals surface area contributed by atoms with Crippen molar-refractivity contribution in [1.82, 2.24) is 9.88 Å². The van der Waals surface area contributed by atoms with E-state index >= 15 is 0 Å². The molecule has 1 fully saturated rings.